The van der Waals surface area contributed by atoms with Gasteiger partial charge in [-0.25, -0.2) is 42.5 Å². The molecule has 0 aliphatic rings. The summed E-state index contributed by atoms with van der Waals surface area (Å²) in [7, 11) is -17.6. The molecule has 0 heterocycles. The molecule has 0 fully saturated rings. The van der Waals surface area contributed by atoms with Crippen LogP contribution >= 0.6 is 11.8 Å². The van der Waals surface area contributed by atoms with Gasteiger partial charge in [-0.05, 0) is 109 Å². The highest BCUT2D eigenvalue weighted by atomic mass is 32.2. The standard InChI is InChI=1S/C36H24F2O8S5/c37-25-11-15-29(16-12-25)48(39,40)31-19-21-33(35(23-31)50(43,44)27-7-3-1-4-8-27)47-34-22-20-32(49(41,42)30-17-13-26(38)14-18-30)24-36(34)51(45,46)28-9-5-2-6-10-28/h1-24H. The number of hydrogen-bond donors (Lipinski definition) is 0. The van der Waals surface area contributed by atoms with Gasteiger partial charge in [0, 0.05) is 9.79 Å². The quantitative estimate of drug-likeness (QED) is 0.130. The lowest BCUT2D eigenvalue weighted by molar-refractivity contribution is 0.589. The lowest BCUT2D eigenvalue weighted by Gasteiger charge is -2.16. The molecule has 0 atom stereocenters. The summed E-state index contributed by atoms with van der Waals surface area (Å²) < 4.78 is 138. The highest BCUT2D eigenvalue weighted by Gasteiger charge is 2.30. The van der Waals surface area contributed by atoms with Crippen molar-refractivity contribution in [3.05, 3.63) is 157 Å². The molecule has 51 heavy (non-hydrogen) atoms. The van der Waals surface area contributed by atoms with E-state index in [4.69, 9.17) is 0 Å². The van der Waals surface area contributed by atoms with Gasteiger partial charge in [0.25, 0.3) is 0 Å². The fraction of sp³-hybridized carbons (Fsp3) is 0. The Labute approximate surface area is 298 Å². The largest absolute Gasteiger partial charge is 0.219 e. The molecule has 15 heteroatoms. The number of halogens is 2. The Morgan fingerprint density at radius 3 is 0.961 bits per heavy atom. The van der Waals surface area contributed by atoms with Crippen LogP contribution in [0.3, 0.4) is 0 Å². The van der Waals surface area contributed by atoms with Crippen molar-refractivity contribution in [3.8, 4) is 0 Å². The molecule has 0 amide bonds. The lowest BCUT2D eigenvalue weighted by atomic mass is 10.3. The number of benzene rings is 6. The highest BCUT2D eigenvalue weighted by Crippen LogP contribution is 2.42. The van der Waals surface area contributed by atoms with E-state index in [-0.39, 0.29) is 29.4 Å². The summed E-state index contributed by atoms with van der Waals surface area (Å²) in [6, 6.07) is 28.9. The zero-order valence-electron chi connectivity index (χ0n) is 25.9. The highest BCUT2D eigenvalue weighted by molar-refractivity contribution is 8.01. The Kier molecular flexibility index (Phi) is 9.78. The summed E-state index contributed by atoms with van der Waals surface area (Å²) in [5.41, 5.74) is 0. The maximum atomic E-state index is 14.1. The number of rotatable bonds is 10. The van der Waals surface area contributed by atoms with Crippen LogP contribution in [0, 0.1) is 11.6 Å². The van der Waals surface area contributed by atoms with Gasteiger partial charge in [0.2, 0.25) is 39.3 Å². The lowest BCUT2D eigenvalue weighted by Crippen LogP contribution is -2.09. The molecule has 8 nitrogen and oxygen atoms in total. The molecule has 6 rings (SSSR count). The van der Waals surface area contributed by atoms with Crippen LogP contribution in [-0.4, -0.2) is 33.7 Å². The van der Waals surface area contributed by atoms with Gasteiger partial charge in [0.1, 0.15) is 11.6 Å². The third-order valence-electron chi connectivity index (χ3n) is 7.60. The van der Waals surface area contributed by atoms with Crippen molar-refractivity contribution >= 4 is 51.1 Å². The minimum atomic E-state index is -4.45. The van der Waals surface area contributed by atoms with Crippen molar-refractivity contribution in [2.45, 2.75) is 49.0 Å². The molecule has 0 radical (unpaired) electrons. The Hall–Kier alpha value is -4.67. The third kappa shape index (κ3) is 7.12. The van der Waals surface area contributed by atoms with Crippen LogP contribution in [0.15, 0.2) is 195 Å². The fourth-order valence-corrected chi connectivity index (χ4v) is 12.2. The van der Waals surface area contributed by atoms with Gasteiger partial charge in [-0.2, -0.15) is 0 Å². The molecular weight excluding hydrogens is 759 g/mol. The second-order valence-electron chi connectivity index (χ2n) is 10.9. The van der Waals surface area contributed by atoms with E-state index >= 15 is 0 Å². The molecule has 0 aromatic heterocycles. The Balaban J connectivity index is 1.55. The summed E-state index contributed by atoms with van der Waals surface area (Å²) in [6.45, 7) is 0. The van der Waals surface area contributed by atoms with E-state index in [1.807, 2.05) is 0 Å². The van der Waals surface area contributed by atoms with Crippen LogP contribution in [0.2, 0.25) is 0 Å². The fourth-order valence-electron chi connectivity index (χ4n) is 4.97. The minimum absolute atomic E-state index is 0.0736. The molecule has 0 aliphatic carbocycles. The van der Waals surface area contributed by atoms with Gasteiger partial charge in [-0.15, -0.1) is 0 Å². The topological polar surface area (TPSA) is 137 Å². The first-order valence-corrected chi connectivity index (χ1v) is 21.4. The molecule has 0 saturated carbocycles. The molecule has 0 N–H and O–H groups in total. The van der Waals surface area contributed by atoms with Crippen LogP contribution in [0.4, 0.5) is 8.78 Å². The molecule has 0 aliphatic heterocycles. The molecule has 6 aromatic carbocycles. The third-order valence-corrected chi connectivity index (χ3v) is 16.2. The average molecular weight is 783 g/mol. The van der Waals surface area contributed by atoms with E-state index in [2.05, 4.69) is 0 Å². The molecule has 0 spiro atoms. The maximum absolute atomic E-state index is 14.1. The minimum Gasteiger partial charge on any atom is -0.219 e. The maximum Gasteiger partial charge on any atom is 0.207 e. The monoisotopic (exact) mass is 782 g/mol. The van der Waals surface area contributed by atoms with Crippen LogP contribution in [0.25, 0.3) is 0 Å². The van der Waals surface area contributed by atoms with Crippen molar-refractivity contribution in [2.24, 2.45) is 0 Å². The van der Waals surface area contributed by atoms with E-state index in [1.54, 1.807) is 12.1 Å². The normalized spacial score (nSPS) is 12.4. The van der Waals surface area contributed by atoms with Gasteiger partial charge in [-0.3, -0.25) is 0 Å². The number of sulfone groups is 4. The predicted octanol–water partition coefficient (Wildman–Crippen LogP) is 7.45. The Bertz CT molecular complexity index is 2510. The average Bonchev–Trinajstić information content (AvgIpc) is 3.13. The van der Waals surface area contributed by atoms with Crippen LogP contribution in [0.1, 0.15) is 0 Å². The van der Waals surface area contributed by atoms with Gasteiger partial charge < -0.3 is 0 Å². The smallest absolute Gasteiger partial charge is 0.207 e. The van der Waals surface area contributed by atoms with Crippen molar-refractivity contribution in [1.29, 1.82) is 0 Å². The Morgan fingerprint density at radius 1 is 0.333 bits per heavy atom. The van der Waals surface area contributed by atoms with Gasteiger partial charge in [-0.1, -0.05) is 48.2 Å². The van der Waals surface area contributed by atoms with Crippen molar-refractivity contribution in [1.82, 2.24) is 0 Å². The second kappa shape index (κ2) is 13.8. The Morgan fingerprint density at radius 2 is 0.627 bits per heavy atom. The number of hydrogen-bond acceptors (Lipinski definition) is 9. The van der Waals surface area contributed by atoms with Crippen LogP contribution in [-0.2, 0) is 39.3 Å². The summed E-state index contributed by atoms with van der Waals surface area (Å²) in [4.78, 5) is -2.89. The summed E-state index contributed by atoms with van der Waals surface area (Å²) in [5.74, 6) is -1.35. The first-order chi connectivity index (χ1) is 24.1. The molecule has 0 unspecified atom stereocenters. The van der Waals surface area contributed by atoms with E-state index in [0.717, 1.165) is 72.8 Å². The first-order valence-electron chi connectivity index (χ1n) is 14.7. The SMILES string of the molecule is O=S(=O)(c1ccc(F)cc1)c1ccc(Sc2ccc(S(=O)(=O)c3ccc(F)cc3)cc2S(=O)(=O)c2ccccc2)c(S(=O)(=O)c2ccccc2)c1. The van der Waals surface area contributed by atoms with Gasteiger partial charge >= 0.3 is 0 Å². The molecular formula is C36H24F2O8S5. The van der Waals surface area contributed by atoms with E-state index in [1.165, 1.54) is 60.7 Å². The summed E-state index contributed by atoms with van der Waals surface area (Å²) in [6.07, 6.45) is 0. The van der Waals surface area contributed by atoms with Gasteiger partial charge in [0.05, 0.1) is 39.2 Å². The van der Waals surface area contributed by atoms with Crippen molar-refractivity contribution < 1.29 is 42.5 Å². The van der Waals surface area contributed by atoms with Crippen LogP contribution in [0.5, 0.6) is 0 Å². The molecule has 6 aromatic rings. The van der Waals surface area contributed by atoms with Crippen LogP contribution < -0.4 is 0 Å². The van der Waals surface area contributed by atoms with E-state index in [9.17, 15) is 42.5 Å². The predicted molar refractivity (Wildman–Crippen MR) is 184 cm³/mol. The molecule has 0 saturated heterocycles. The summed E-state index contributed by atoms with van der Waals surface area (Å²) in [5, 5.41) is 0. The van der Waals surface area contributed by atoms with E-state index in [0.29, 0.717) is 11.8 Å². The zero-order valence-corrected chi connectivity index (χ0v) is 30.0. The van der Waals surface area contributed by atoms with Crippen molar-refractivity contribution in [2.75, 3.05) is 0 Å². The summed E-state index contributed by atoms with van der Waals surface area (Å²) >= 11 is 0.671. The molecule has 0 bridgehead atoms. The molecule has 260 valence electrons. The van der Waals surface area contributed by atoms with Gasteiger partial charge in [0.15, 0.2) is 0 Å². The zero-order chi connectivity index (χ0) is 36.6. The van der Waals surface area contributed by atoms with Crippen molar-refractivity contribution in [3.63, 3.8) is 0 Å². The second-order valence-corrected chi connectivity index (χ2v) is 19.7. The van der Waals surface area contributed by atoms with E-state index < -0.39 is 70.6 Å². The first kappa shape index (κ1) is 36.1.